The summed E-state index contributed by atoms with van der Waals surface area (Å²) in [5.74, 6) is -0.115. The molecule has 0 aromatic carbocycles. The third-order valence-corrected chi connectivity index (χ3v) is 3.11. The molecule has 0 saturated carbocycles. The highest BCUT2D eigenvalue weighted by atomic mass is 16.5. The highest BCUT2D eigenvalue weighted by Gasteiger charge is 2.27. The van der Waals surface area contributed by atoms with Crippen LogP contribution in [0, 0.1) is 11.1 Å². The SMILES string of the molecule is O=C(c1cccc[n+]1[O-])N1CCCC(CO)C1. The smallest absolute Gasteiger partial charge is 0.319 e. The van der Waals surface area contributed by atoms with Gasteiger partial charge in [-0.2, -0.15) is 4.73 Å². The van der Waals surface area contributed by atoms with Crippen LogP contribution < -0.4 is 4.73 Å². The first kappa shape index (κ1) is 11.9. The van der Waals surface area contributed by atoms with E-state index in [0.29, 0.717) is 17.8 Å². The first-order valence-corrected chi connectivity index (χ1v) is 5.80. The summed E-state index contributed by atoms with van der Waals surface area (Å²) in [6, 6.07) is 4.80. The Morgan fingerprint density at radius 2 is 2.41 bits per heavy atom. The van der Waals surface area contributed by atoms with E-state index in [9.17, 15) is 10.0 Å². The molecule has 0 aliphatic carbocycles. The first-order valence-electron chi connectivity index (χ1n) is 5.80. The number of likely N-dealkylation sites (tertiary alicyclic amines) is 1. The van der Waals surface area contributed by atoms with Gasteiger partial charge in [-0.1, -0.05) is 0 Å². The Kier molecular flexibility index (Phi) is 3.58. The molecule has 0 bridgehead atoms. The zero-order valence-corrected chi connectivity index (χ0v) is 9.58. The summed E-state index contributed by atoms with van der Waals surface area (Å²) in [5, 5.41) is 20.6. The standard InChI is InChI=1S/C12H16N2O3/c15-9-10-4-3-6-13(8-10)12(16)11-5-1-2-7-14(11)17/h1-2,5,7,10,15H,3-4,6,8-9H2. The molecule has 2 rings (SSSR count). The lowest BCUT2D eigenvalue weighted by atomic mass is 9.99. The number of piperidine rings is 1. The Labute approximate surface area is 99.9 Å². The van der Waals surface area contributed by atoms with Crippen LogP contribution in [-0.4, -0.2) is 35.6 Å². The predicted molar refractivity (Wildman–Crippen MR) is 61.1 cm³/mol. The largest absolute Gasteiger partial charge is 0.618 e. The van der Waals surface area contributed by atoms with Crippen molar-refractivity contribution in [1.29, 1.82) is 0 Å². The predicted octanol–water partition coefficient (Wildman–Crippen LogP) is 0.165. The van der Waals surface area contributed by atoms with Gasteiger partial charge in [-0.25, -0.2) is 0 Å². The van der Waals surface area contributed by atoms with Crippen molar-refractivity contribution in [3.63, 3.8) is 0 Å². The molecule has 92 valence electrons. The Bertz CT molecular complexity index is 408. The van der Waals surface area contributed by atoms with Gasteiger partial charge in [0.15, 0.2) is 6.20 Å². The van der Waals surface area contributed by atoms with E-state index < -0.39 is 0 Å². The fraction of sp³-hybridized carbons (Fsp3) is 0.500. The molecule has 1 unspecified atom stereocenters. The fourth-order valence-corrected chi connectivity index (χ4v) is 2.15. The second-order valence-corrected chi connectivity index (χ2v) is 4.35. The molecule has 17 heavy (non-hydrogen) atoms. The second-order valence-electron chi connectivity index (χ2n) is 4.35. The number of carbonyl (C=O) groups is 1. The van der Waals surface area contributed by atoms with E-state index in [0.717, 1.165) is 12.8 Å². The van der Waals surface area contributed by atoms with Gasteiger partial charge >= 0.3 is 5.91 Å². The van der Waals surface area contributed by atoms with Crippen LogP contribution in [0.1, 0.15) is 23.3 Å². The summed E-state index contributed by atoms with van der Waals surface area (Å²) in [6.07, 6.45) is 3.13. The zero-order valence-electron chi connectivity index (χ0n) is 9.58. The van der Waals surface area contributed by atoms with Crippen molar-refractivity contribution in [2.24, 2.45) is 5.92 Å². The highest BCUT2D eigenvalue weighted by molar-refractivity contribution is 5.91. The van der Waals surface area contributed by atoms with Crippen molar-refractivity contribution >= 4 is 5.91 Å². The van der Waals surface area contributed by atoms with Crippen LogP contribution in [0.5, 0.6) is 0 Å². The highest BCUT2D eigenvalue weighted by Crippen LogP contribution is 2.17. The molecule has 1 amide bonds. The number of aliphatic hydroxyl groups excluding tert-OH is 1. The van der Waals surface area contributed by atoms with Crippen molar-refractivity contribution in [2.75, 3.05) is 19.7 Å². The van der Waals surface area contributed by atoms with Gasteiger partial charge in [-0.15, -0.1) is 0 Å². The molecule has 5 heteroatoms. The molecular formula is C12H16N2O3. The molecule has 1 aromatic heterocycles. The van der Waals surface area contributed by atoms with Crippen LogP contribution in [0.3, 0.4) is 0 Å². The second kappa shape index (κ2) is 5.14. The van der Waals surface area contributed by atoms with Crippen molar-refractivity contribution in [2.45, 2.75) is 12.8 Å². The summed E-state index contributed by atoms with van der Waals surface area (Å²) in [6.45, 7) is 1.28. The van der Waals surface area contributed by atoms with Crippen LogP contribution in [0.2, 0.25) is 0 Å². The van der Waals surface area contributed by atoms with Gasteiger partial charge in [0.2, 0.25) is 0 Å². The fourth-order valence-electron chi connectivity index (χ4n) is 2.15. The number of pyridine rings is 1. The number of aliphatic hydroxyl groups is 1. The number of aromatic nitrogens is 1. The number of carbonyl (C=O) groups excluding carboxylic acids is 1. The van der Waals surface area contributed by atoms with E-state index in [2.05, 4.69) is 0 Å². The first-order chi connectivity index (χ1) is 8.22. The number of hydrogen-bond acceptors (Lipinski definition) is 3. The van der Waals surface area contributed by atoms with Crippen molar-refractivity contribution in [1.82, 2.24) is 4.90 Å². The molecule has 2 heterocycles. The third kappa shape index (κ3) is 2.55. The minimum absolute atomic E-state index is 0.0932. The summed E-state index contributed by atoms with van der Waals surface area (Å²) in [4.78, 5) is 13.8. The van der Waals surface area contributed by atoms with Crippen LogP contribution >= 0.6 is 0 Å². The van der Waals surface area contributed by atoms with E-state index >= 15 is 0 Å². The average molecular weight is 236 g/mol. The minimum Gasteiger partial charge on any atom is -0.618 e. The third-order valence-electron chi connectivity index (χ3n) is 3.11. The van der Waals surface area contributed by atoms with Gasteiger partial charge in [0.25, 0.3) is 5.69 Å². The Balaban J connectivity index is 2.12. The maximum Gasteiger partial charge on any atom is 0.319 e. The van der Waals surface area contributed by atoms with Gasteiger partial charge in [0, 0.05) is 31.8 Å². The summed E-state index contributed by atoms with van der Waals surface area (Å²) < 4.78 is 0.588. The van der Waals surface area contributed by atoms with Crippen LogP contribution in [-0.2, 0) is 0 Å². The van der Waals surface area contributed by atoms with Gasteiger partial charge in [-0.3, -0.25) is 4.79 Å². The molecule has 5 nitrogen and oxygen atoms in total. The quantitative estimate of drug-likeness (QED) is 0.587. The van der Waals surface area contributed by atoms with Gasteiger partial charge < -0.3 is 15.2 Å². The van der Waals surface area contributed by atoms with E-state index in [-0.39, 0.29) is 24.1 Å². The van der Waals surface area contributed by atoms with Gasteiger partial charge in [-0.05, 0) is 24.8 Å². The molecule has 1 aliphatic rings. The Hall–Kier alpha value is -1.62. The topological polar surface area (TPSA) is 67.5 Å². The maximum atomic E-state index is 12.1. The van der Waals surface area contributed by atoms with E-state index in [4.69, 9.17) is 5.11 Å². The molecule has 1 fully saturated rings. The van der Waals surface area contributed by atoms with E-state index in [1.807, 2.05) is 0 Å². The molecule has 1 N–H and O–H groups in total. The normalized spacial score (nSPS) is 20.3. The lowest BCUT2D eigenvalue weighted by molar-refractivity contribution is -0.608. The summed E-state index contributed by atoms with van der Waals surface area (Å²) in [7, 11) is 0. The monoisotopic (exact) mass is 236 g/mol. The number of rotatable bonds is 2. The van der Waals surface area contributed by atoms with Gasteiger partial charge in [0.05, 0.1) is 0 Å². The van der Waals surface area contributed by atoms with E-state index in [1.54, 1.807) is 17.0 Å². The molecule has 0 spiro atoms. The zero-order chi connectivity index (χ0) is 12.3. The molecular weight excluding hydrogens is 220 g/mol. The van der Waals surface area contributed by atoms with Crippen molar-refractivity contribution in [3.8, 4) is 0 Å². The molecule has 0 radical (unpaired) electrons. The van der Waals surface area contributed by atoms with Crippen molar-refractivity contribution in [3.05, 3.63) is 35.3 Å². The molecule has 1 aliphatic heterocycles. The van der Waals surface area contributed by atoms with Crippen molar-refractivity contribution < 1.29 is 14.6 Å². The van der Waals surface area contributed by atoms with Crippen LogP contribution in [0.25, 0.3) is 0 Å². The Morgan fingerprint density at radius 1 is 1.59 bits per heavy atom. The minimum atomic E-state index is -0.251. The number of amides is 1. The molecule has 1 aromatic rings. The molecule has 1 atom stereocenters. The number of nitrogens with zero attached hydrogens (tertiary/aromatic N) is 2. The Morgan fingerprint density at radius 3 is 3.12 bits per heavy atom. The molecule has 1 saturated heterocycles. The van der Waals surface area contributed by atoms with Crippen LogP contribution in [0.4, 0.5) is 0 Å². The lowest BCUT2D eigenvalue weighted by Crippen LogP contribution is -2.46. The van der Waals surface area contributed by atoms with Gasteiger partial charge in [0.1, 0.15) is 0 Å². The summed E-state index contributed by atoms with van der Waals surface area (Å²) in [5.41, 5.74) is 0.145. The van der Waals surface area contributed by atoms with Crippen LogP contribution in [0.15, 0.2) is 24.4 Å². The summed E-state index contributed by atoms with van der Waals surface area (Å²) >= 11 is 0. The lowest BCUT2D eigenvalue weighted by Gasteiger charge is -2.31. The maximum absolute atomic E-state index is 12.1. The number of hydrogen-bond donors (Lipinski definition) is 1. The van der Waals surface area contributed by atoms with E-state index in [1.165, 1.54) is 12.3 Å². The average Bonchev–Trinajstić information content (AvgIpc) is 2.38.